The van der Waals surface area contributed by atoms with Gasteiger partial charge in [0.15, 0.2) is 0 Å². The number of anilines is 1. The molecule has 0 atom stereocenters. The molecule has 1 saturated carbocycles. The van der Waals surface area contributed by atoms with E-state index in [1.54, 1.807) is 6.07 Å². The van der Waals surface area contributed by atoms with Crippen LogP contribution < -0.4 is 9.62 Å². The summed E-state index contributed by atoms with van der Waals surface area (Å²) in [6, 6.07) is 4.82. The second-order valence-corrected chi connectivity index (χ2v) is 8.45. The molecule has 5 nitrogen and oxygen atoms in total. The van der Waals surface area contributed by atoms with Gasteiger partial charge in [-0.3, -0.25) is 9.10 Å². The van der Waals surface area contributed by atoms with Crippen LogP contribution in [-0.4, -0.2) is 33.2 Å². The summed E-state index contributed by atoms with van der Waals surface area (Å²) in [4.78, 5) is 12.0. The van der Waals surface area contributed by atoms with Gasteiger partial charge in [0.2, 0.25) is 15.9 Å². The Balaban J connectivity index is 2.04. The fourth-order valence-electron chi connectivity index (χ4n) is 2.70. The molecule has 2 rings (SSSR count). The second-order valence-electron chi connectivity index (χ2n) is 5.73. The van der Waals surface area contributed by atoms with Crippen LogP contribution in [0.25, 0.3) is 0 Å². The van der Waals surface area contributed by atoms with E-state index >= 15 is 0 Å². The maximum absolute atomic E-state index is 12.0. The van der Waals surface area contributed by atoms with Crippen molar-refractivity contribution in [2.75, 3.05) is 17.1 Å². The molecule has 1 N–H and O–H groups in total. The first-order valence-corrected chi connectivity index (χ1v) is 10.1. The molecule has 0 unspecified atom stereocenters. The van der Waals surface area contributed by atoms with Crippen molar-refractivity contribution in [2.45, 2.75) is 38.1 Å². The van der Waals surface area contributed by atoms with Gasteiger partial charge in [0, 0.05) is 19.0 Å². The van der Waals surface area contributed by atoms with E-state index in [1.165, 1.54) is 16.4 Å². The van der Waals surface area contributed by atoms with Gasteiger partial charge in [-0.25, -0.2) is 8.42 Å². The standard InChI is InChI=1S/C15H20Cl2N2O3S/c1-23(21,22)19(12-6-7-13(16)14(17)10-12)9-8-15(20)18-11-4-2-3-5-11/h6-7,10-11H,2-5,8-9H2,1H3,(H,18,20). The Hall–Kier alpha value is -0.980. The number of carbonyl (C=O) groups excluding carboxylic acids is 1. The molecule has 1 aliphatic rings. The van der Waals surface area contributed by atoms with Crippen molar-refractivity contribution in [1.29, 1.82) is 0 Å². The molecular formula is C15H20Cl2N2O3S. The van der Waals surface area contributed by atoms with Crippen LogP contribution in [0.15, 0.2) is 18.2 Å². The number of sulfonamides is 1. The zero-order chi connectivity index (χ0) is 17.0. The molecule has 0 spiro atoms. The molecule has 8 heteroatoms. The largest absolute Gasteiger partial charge is 0.353 e. The molecule has 1 aromatic rings. The van der Waals surface area contributed by atoms with Gasteiger partial charge in [0.05, 0.1) is 22.0 Å². The molecule has 1 amide bonds. The lowest BCUT2D eigenvalue weighted by Crippen LogP contribution is -2.37. The van der Waals surface area contributed by atoms with Gasteiger partial charge in [0.1, 0.15) is 0 Å². The van der Waals surface area contributed by atoms with Crippen molar-refractivity contribution in [2.24, 2.45) is 0 Å². The van der Waals surface area contributed by atoms with Gasteiger partial charge in [-0.2, -0.15) is 0 Å². The maximum atomic E-state index is 12.0. The third kappa shape index (κ3) is 5.26. The highest BCUT2D eigenvalue weighted by molar-refractivity contribution is 7.92. The van der Waals surface area contributed by atoms with Crippen LogP contribution in [-0.2, 0) is 14.8 Å². The Kier molecular flexibility index (Phi) is 6.17. The lowest BCUT2D eigenvalue weighted by Gasteiger charge is -2.23. The summed E-state index contributed by atoms with van der Waals surface area (Å²) in [5.41, 5.74) is 0.399. The van der Waals surface area contributed by atoms with Crippen molar-refractivity contribution in [1.82, 2.24) is 5.32 Å². The molecule has 0 aliphatic heterocycles. The normalized spacial score (nSPS) is 15.6. The summed E-state index contributed by atoms with van der Waals surface area (Å²) in [6.07, 6.45) is 5.45. The van der Waals surface area contributed by atoms with E-state index in [0.717, 1.165) is 31.9 Å². The zero-order valence-corrected chi connectivity index (χ0v) is 15.2. The predicted molar refractivity (Wildman–Crippen MR) is 93.7 cm³/mol. The van der Waals surface area contributed by atoms with Crippen LogP contribution in [0.4, 0.5) is 5.69 Å². The van der Waals surface area contributed by atoms with E-state index in [9.17, 15) is 13.2 Å². The van der Waals surface area contributed by atoms with Gasteiger partial charge >= 0.3 is 0 Å². The Morgan fingerprint density at radius 1 is 1.26 bits per heavy atom. The molecule has 0 saturated heterocycles. The summed E-state index contributed by atoms with van der Waals surface area (Å²) in [6.45, 7) is 0.0648. The van der Waals surface area contributed by atoms with Crippen molar-refractivity contribution >= 4 is 44.8 Å². The minimum absolute atomic E-state index is 0.0648. The lowest BCUT2D eigenvalue weighted by atomic mass is 10.2. The van der Waals surface area contributed by atoms with E-state index in [-0.39, 0.29) is 29.9 Å². The Labute approximate surface area is 147 Å². The summed E-state index contributed by atoms with van der Waals surface area (Å²) in [7, 11) is -3.52. The molecule has 0 bridgehead atoms. The number of amides is 1. The average molecular weight is 379 g/mol. The number of hydrogen-bond donors (Lipinski definition) is 1. The molecule has 23 heavy (non-hydrogen) atoms. The van der Waals surface area contributed by atoms with Gasteiger partial charge < -0.3 is 5.32 Å². The number of halogens is 2. The molecule has 1 aromatic carbocycles. The number of hydrogen-bond acceptors (Lipinski definition) is 3. The van der Waals surface area contributed by atoms with E-state index < -0.39 is 10.0 Å². The van der Waals surface area contributed by atoms with Crippen LogP contribution in [0.2, 0.25) is 10.0 Å². The summed E-state index contributed by atoms with van der Waals surface area (Å²) in [5.74, 6) is -0.134. The van der Waals surface area contributed by atoms with Crippen LogP contribution in [0.3, 0.4) is 0 Å². The van der Waals surface area contributed by atoms with Crippen molar-refractivity contribution in [3.05, 3.63) is 28.2 Å². The van der Waals surface area contributed by atoms with Crippen molar-refractivity contribution in [3.63, 3.8) is 0 Å². The highest BCUT2D eigenvalue weighted by atomic mass is 35.5. The molecule has 1 fully saturated rings. The second kappa shape index (κ2) is 7.73. The third-order valence-corrected chi connectivity index (χ3v) is 5.79. The Morgan fingerprint density at radius 3 is 2.48 bits per heavy atom. The molecule has 1 aliphatic carbocycles. The quantitative estimate of drug-likeness (QED) is 0.826. The smallest absolute Gasteiger partial charge is 0.232 e. The number of rotatable bonds is 6. The summed E-state index contributed by atoms with van der Waals surface area (Å²) < 4.78 is 25.2. The lowest BCUT2D eigenvalue weighted by molar-refractivity contribution is -0.121. The number of nitrogens with one attached hydrogen (secondary N) is 1. The fourth-order valence-corrected chi connectivity index (χ4v) is 3.91. The van der Waals surface area contributed by atoms with Crippen LogP contribution in [0, 0.1) is 0 Å². The van der Waals surface area contributed by atoms with E-state index in [0.29, 0.717) is 10.7 Å². The number of carbonyl (C=O) groups is 1. The third-order valence-electron chi connectivity index (χ3n) is 3.85. The summed E-state index contributed by atoms with van der Waals surface area (Å²) >= 11 is 11.8. The van der Waals surface area contributed by atoms with Gasteiger partial charge in [-0.15, -0.1) is 0 Å². The molecule has 0 aromatic heterocycles. The molecule has 0 radical (unpaired) electrons. The molecular weight excluding hydrogens is 359 g/mol. The Bertz CT molecular complexity index is 673. The first-order chi connectivity index (χ1) is 10.8. The minimum atomic E-state index is -3.52. The average Bonchev–Trinajstić information content (AvgIpc) is 2.94. The topological polar surface area (TPSA) is 66.5 Å². The molecule has 128 valence electrons. The molecule has 0 heterocycles. The van der Waals surface area contributed by atoms with E-state index in [4.69, 9.17) is 23.2 Å². The predicted octanol–water partition coefficient (Wildman–Crippen LogP) is 3.21. The fraction of sp³-hybridized carbons (Fsp3) is 0.533. The summed E-state index contributed by atoms with van der Waals surface area (Å²) in [5, 5.41) is 3.57. The minimum Gasteiger partial charge on any atom is -0.353 e. The SMILES string of the molecule is CS(=O)(=O)N(CCC(=O)NC1CCCC1)c1ccc(Cl)c(Cl)c1. The highest BCUT2D eigenvalue weighted by Crippen LogP contribution is 2.28. The number of nitrogens with zero attached hydrogens (tertiary/aromatic N) is 1. The highest BCUT2D eigenvalue weighted by Gasteiger charge is 2.21. The van der Waals surface area contributed by atoms with Crippen LogP contribution in [0.1, 0.15) is 32.1 Å². The van der Waals surface area contributed by atoms with E-state index in [1.807, 2.05) is 0 Å². The van der Waals surface area contributed by atoms with E-state index in [2.05, 4.69) is 5.32 Å². The first-order valence-electron chi connectivity index (χ1n) is 7.49. The van der Waals surface area contributed by atoms with Gasteiger partial charge in [0.25, 0.3) is 0 Å². The van der Waals surface area contributed by atoms with Gasteiger partial charge in [-0.1, -0.05) is 36.0 Å². The van der Waals surface area contributed by atoms with Gasteiger partial charge in [-0.05, 0) is 31.0 Å². The first kappa shape index (κ1) is 18.4. The monoisotopic (exact) mass is 378 g/mol. The Morgan fingerprint density at radius 2 is 1.91 bits per heavy atom. The van der Waals surface area contributed by atoms with Crippen molar-refractivity contribution in [3.8, 4) is 0 Å². The zero-order valence-electron chi connectivity index (χ0n) is 12.9. The van der Waals surface area contributed by atoms with Crippen LogP contribution in [0.5, 0.6) is 0 Å². The number of benzene rings is 1. The van der Waals surface area contributed by atoms with Crippen LogP contribution >= 0.6 is 23.2 Å². The maximum Gasteiger partial charge on any atom is 0.232 e. The van der Waals surface area contributed by atoms with Crippen molar-refractivity contribution < 1.29 is 13.2 Å².